The van der Waals surface area contributed by atoms with E-state index in [-0.39, 0.29) is 31.1 Å². The summed E-state index contributed by atoms with van der Waals surface area (Å²) in [6, 6.07) is 0. The summed E-state index contributed by atoms with van der Waals surface area (Å²) >= 11 is 5.80. The molecule has 0 spiro atoms. The highest BCUT2D eigenvalue weighted by Crippen LogP contribution is 2.35. The van der Waals surface area contributed by atoms with Crippen LogP contribution in [0.2, 0.25) is 0 Å². The third kappa shape index (κ3) is 5.07. The van der Waals surface area contributed by atoms with E-state index >= 15 is 0 Å². The summed E-state index contributed by atoms with van der Waals surface area (Å²) in [6.45, 7) is 9.09. The minimum absolute atomic E-state index is 0.00341. The lowest BCUT2D eigenvalue weighted by molar-refractivity contribution is -0.171. The molecule has 0 aliphatic rings. The van der Waals surface area contributed by atoms with Gasteiger partial charge in [0.05, 0.1) is 13.2 Å². The minimum atomic E-state index is -1.45. The van der Waals surface area contributed by atoms with Gasteiger partial charge in [0.2, 0.25) is 0 Å². The molecule has 0 unspecified atom stereocenters. The third-order valence-corrected chi connectivity index (χ3v) is 2.66. The average Bonchev–Trinajstić information content (AvgIpc) is 2.34. The quantitative estimate of drug-likeness (QED) is 0.391. The maximum Gasteiger partial charge on any atom is 0.324 e. The molecule has 0 rings (SSSR count). The molecular formula is C14H21ClO4. The van der Waals surface area contributed by atoms with Gasteiger partial charge >= 0.3 is 11.9 Å². The van der Waals surface area contributed by atoms with E-state index in [1.807, 2.05) is 0 Å². The van der Waals surface area contributed by atoms with Gasteiger partial charge < -0.3 is 9.47 Å². The van der Waals surface area contributed by atoms with Crippen LogP contribution in [0, 0.1) is 5.41 Å². The molecular weight excluding hydrogens is 268 g/mol. The second-order valence-corrected chi connectivity index (χ2v) is 4.52. The van der Waals surface area contributed by atoms with Crippen molar-refractivity contribution >= 4 is 23.5 Å². The van der Waals surface area contributed by atoms with Crippen LogP contribution in [0.3, 0.4) is 0 Å². The smallest absolute Gasteiger partial charge is 0.324 e. The molecule has 0 aromatic heterocycles. The predicted octanol–water partition coefficient (Wildman–Crippen LogP) is 3.21. The Morgan fingerprint density at radius 3 is 2.00 bits per heavy atom. The Morgan fingerprint density at radius 2 is 1.68 bits per heavy atom. The van der Waals surface area contributed by atoms with Gasteiger partial charge in [-0.05, 0) is 27.2 Å². The number of rotatable bonds is 8. The fraction of sp³-hybridized carbons (Fsp3) is 0.571. The molecule has 0 aliphatic heterocycles. The van der Waals surface area contributed by atoms with Crippen LogP contribution in [0.25, 0.3) is 0 Å². The summed E-state index contributed by atoms with van der Waals surface area (Å²) in [5.74, 6) is -1.26. The molecule has 0 bridgehead atoms. The molecule has 0 amide bonds. The standard InChI is InChI=1S/C14H21ClO4/c1-5-8-9-14(10-11(4)15,12(16)18-6-2)13(17)19-7-3/h5,8H,4,6-7,9-10H2,1-3H3/b8-5+. The monoisotopic (exact) mass is 288 g/mol. The second-order valence-electron chi connectivity index (χ2n) is 3.99. The molecule has 0 N–H and O–H groups in total. The lowest BCUT2D eigenvalue weighted by Gasteiger charge is -2.27. The van der Waals surface area contributed by atoms with E-state index in [4.69, 9.17) is 21.1 Å². The summed E-state index contributed by atoms with van der Waals surface area (Å²) in [4.78, 5) is 24.3. The number of allylic oxidation sites excluding steroid dienone is 3. The Morgan fingerprint density at radius 1 is 1.21 bits per heavy atom. The van der Waals surface area contributed by atoms with Gasteiger partial charge in [0, 0.05) is 11.5 Å². The number of carbonyl (C=O) groups is 2. The lowest BCUT2D eigenvalue weighted by Crippen LogP contribution is -2.42. The van der Waals surface area contributed by atoms with Crippen molar-refractivity contribution in [3.8, 4) is 0 Å². The predicted molar refractivity (Wildman–Crippen MR) is 74.7 cm³/mol. The highest BCUT2D eigenvalue weighted by atomic mass is 35.5. The molecule has 0 aliphatic carbocycles. The zero-order valence-electron chi connectivity index (χ0n) is 11.7. The van der Waals surface area contributed by atoms with Crippen LogP contribution in [0.1, 0.15) is 33.6 Å². The van der Waals surface area contributed by atoms with Crippen molar-refractivity contribution < 1.29 is 19.1 Å². The Bertz CT molecular complexity index is 342. The van der Waals surface area contributed by atoms with Crippen LogP contribution in [-0.2, 0) is 19.1 Å². The maximum atomic E-state index is 12.2. The van der Waals surface area contributed by atoms with E-state index in [9.17, 15) is 9.59 Å². The first-order chi connectivity index (χ1) is 8.94. The van der Waals surface area contributed by atoms with Gasteiger partial charge in [0.25, 0.3) is 0 Å². The molecule has 0 aromatic rings. The molecule has 0 aromatic carbocycles. The third-order valence-electron chi connectivity index (χ3n) is 2.53. The number of halogens is 1. The fourth-order valence-electron chi connectivity index (χ4n) is 1.65. The Balaban J connectivity index is 5.47. The largest absolute Gasteiger partial charge is 0.465 e. The fourth-order valence-corrected chi connectivity index (χ4v) is 1.88. The van der Waals surface area contributed by atoms with Crippen molar-refractivity contribution in [3.63, 3.8) is 0 Å². The second kappa shape index (κ2) is 8.75. The number of carbonyl (C=O) groups excluding carboxylic acids is 2. The molecule has 0 atom stereocenters. The Kier molecular flexibility index (Phi) is 8.16. The topological polar surface area (TPSA) is 52.6 Å². The molecule has 0 fully saturated rings. The van der Waals surface area contributed by atoms with E-state index < -0.39 is 17.4 Å². The zero-order chi connectivity index (χ0) is 14.9. The maximum absolute atomic E-state index is 12.2. The number of ether oxygens (including phenoxy) is 2. The molecule has 5 heteroatoms. The van der Waals surface area contributed by atoms with E-state index in [0.717, 1.165) is 0 Å². The molecule has 108 valence electrons. The normalized spacial score (nSPS) is 11.4. The zero-order valence-corrected chi connectivity index (χ0v) is 12.5. The number of esters is 2. The van der Waals surface area contributed by atoms with Gasteiger partial charge in [-0.25, -0.2) is 0 Å². The lowest BCUT2D eigenvalue weighted by atomic mass is 9.80. The van der Waals surface area contributed by atoms with Gasteiger partial charge in [0.15, 0.2) is 5.41 Å². The Hall–Kier alpha value is -1.29. The van der Waals surface area contributed by atoms with Crippen LogP contribution >= 0.6 is 11.6 Å². The van der Waals surface area contributed by atoms with Crippen LogP contribution in [0.4, 0.5) is 0 Å². The SMILES string of the molecule is C=C(Cl)CC(C/C=C/C)(C(=O)OCC)C(=O)OCC. The summed E-state index contributed by atoms with van der Waals surface area (Å²) < 4.78 is 10.00. The first-order valence-corrected chi connectivity index (χ1v) is 6.61. The van der Waals surface area contributed by atoms with Gasteiger partial charge in [-0.3, -0.25) is 9.59 Å². The van der Waals surface area contributed by atoms with Gasteiger partial charge in [-0.2, -0.15) is 0 Å². The molecule has 0 radical (unpaired) electrons. The van der Waals surface area contributed by atoms with Crippen LogP contribution in [-0.4, -0.2) is 25.2 Å². The van der Waals surface area contributed by atoms with Crippen molar-refractivity contribution in [2.45, 2.75) is 33.6 Å². The first kappa shape index (κ1) is 17.7. The number of hydrogen-bond acceptors (Lipinski definition) is 4. The summed E-state index contributed by atoms with van der Waals surface area (Å²) in [5, 5.41) is 0.214. The Labute approximate surface area is 119 Å². The van der Waals surface area contributed by atoms with Crippen LogP contribution in [0.15, 0.2) is 23.8 Å². The van der Waals surface area contributed by atoms with Crippen molar-refractivity contribution in [3.05, 3.63) is 23.8 Å². The van der Waals surface area contributed by atoms with Crippen molar-refractivity contribution in [2.75, 3.05) is 13.2 Å². The van der Waals surface area contributed by atoms with E-state index in [1.165, 1.54) is 0 Å². The summed E-state index contributed by atoms with van der Waals surface area (Å²) in [5.41, 5.74) is -1.45. The van der Waals surface area contributed by atoms with E-state index in [0.29, 0.717) is 0 Å². The minimum Gasteiger partial charge on any atom is -0.465 e. The molecule has 0 heterocycles. The van der Waals surface area contributed by atoms with Crippen LogP contribution < -0.4 is 0 Å². The van der Waals surface area contributed by atoms with Gasteiger partial charge in [-0.15, -0.1) is 0 Å². The van der Waals surface area contributed by atoms with Crippen molar-refractivity contribution in [1.82, 2.24) is 0 Å². The molecule has 0 saturated carbocycles. The van der Waals surface area contributed by atoms with E-state index in [1.54, 1.807) is 32.9 Å². The van der Waals surface area contributed by atoms with Gasteiger partial charge in [-0.1, -0.05) is 30.3 Å². The van der Waals surface area contributed by atoms with Crippen molar-refractivity contribution in [2.24, 2.45) is 5.41 Å². The average molecular weight is 289 g/mol. The summed E-state index contributed by atoms with van der Waals surface area (Å²) in [6.07, 6.45) is 3.64. The number of hydrogen-bond donors (Lipinski definition) is 0. The highest BCUT2D eigenvalue weighted by molar-refractivity contribution is 6.29. The molecule has 4 nitrogen and oxygen atoms in total. The van der Waals surface area contributed by atoms with Crippen molar-refractivity contribution in [1.29, 1.82) is 0 Å². The van der Waals surface area contributed by atoms with Crippen LogP contribution in [0.5, 0.6) is 0 Å². The summed E-state index contributed by atoms with van der Waals surface area (Å²) in [7, 11) is 0. The first-order valence-electron chi connectivity index (χ1n) is 6.23. The van der Waals surface area contributed by atoms with Gasteiger partial charge in [0.1, 0.15) is 0 Å². The molecule has 19 heavy (non-hydrogen) atoms. The van der Waals surface area contributed by atoms with E-state index in [2.05, 4.69) is 6.58 Å². The highest BCUT2D eigenvalue weighted by Gasteiger charge is 2.48. The molecule has 0 saturated heterocycles.